The molecular formula is C31H40. The summed E-state index contributed by atoms with van der Waals surface area (Å²) in [5, 5.41) is 0. The van der Waals surface area contributed by atoms with Crippen molar-refractivity contribution in [2.75, 3.05) is 0 Å². The van der Waals surface area contributed by atoms with Crippen LogP contribution < -0.4 is 0 Å². The summed E-state index contributed by atoms with van der Waals surface area (Å²) in [6, 6.07) is 18.7. The van der Waals surface area contributed by atoms with Gasteiger partial charge in [0.2, 0.25) is 0 Å². The Morgan fingerprint density at radius 2 is 1.48 bits per heavy atom. The maximum Gasteiger partial charge on any atom is -0.0159 e. The SMILES string of the molecule is C=CCCC1CCC2CC(c3ccc(-c4ccc(CC/C=C/C)cc4)cc3)CCC2C1. The molecule has 0 radical (unpaired) electrons. The van der Waals surface area contributed by atoms with E-state index in [-0.39, 0.29) is 0 Å². The average Bonchev–Trinajstić information content (AvgIpc) is 2.83. The van der Waals surface area contributed by atoms with Crippen LogP contribution in [0.15, 0.2) is 73.3 Å². The lowest BCUT2D eigenvalue weighted by atomic mass is 9.63. The second-order valence-corrected chi connectivity index (χ2v) is 10.0. The van der Waals surface area contributed by atoms with Gasteiger partial charge >= 0.3 is 0 Å². The van der Waals surface area contributed by atoms with E-state index >= 15 is 0 Å². The molecule has 0 N–H and O–H groups in total. The van der Waals surface area contributed by atoms with Crippen LogP contribution in [0, 0.1) is 17.8 Å². The van der Waals surface area contributed by atoms with Gasteiger partial charge in [-0.25, -0.2) is 0 Å². The number of rotatable bonds is 8. The molecule has 0 spiro atoms. The minimum absolute atomic E-state index is 0.772. The summed E-state index contributed by atoms with van der Waals surface area (Å²) in [7, 11) is 0. The third-order valence-corrected chi connectivity index (χ3v) is 8.01. The van der Waals surface area contributed by atoms with Gasteiger partial charge in [-0.2, -0.15) is 0 Å². The normalized spacial score (nSPS) is 26.0. The summed E-state index contributed by atoms with van der Waals surface area (Å²) in [6.45, 7) is 6.00. The van der Waals surface area contributed by atoms with Gasteiger partial charge in [-0.1, -0.05) is 73.2 Å². The van der Waals surface area contributed by atoms with Crippen molar-refractivity contribution < 1.29 is 0 Å². The molecule has 2 aliphatic rings. The fraction of sp³-hybridized carbons (Fsp3) is 0.484. The second kappa shape index (κ2) is 11.0. The maximum absolute atomic E-state index is 3.91. The molecular weight excluding hydrogens is 372 g/mol. The Labute approximate surface area is 190 Å². The molecule has 0 nitrogen and oxygen atoms in total. The van der Waals surface area contributed by atoms with Gasteiger partial charge in [0.15, 0.2) is 0 Å². The van der Waals surface area contributed by atoms with Crippen LogP contribution in [0.4, 0.5) is 0 Å². The number of hydrogen-bond acceptors (Lipinski definition) is 0. The number of benzene rings is 2. The zero-order valence-electron chi connectivity index (χ0n) is 19.4. The predicted molar refractivity (Wildman–Crippen MR) is 135 cm³/mol. The van der Waals surface area contributed by atoms with E-state index in [1.165, 1.54) is 68.1 Å². The molecule has 2 fully saturated rings. The summed E-state index contributed by atoms with van der Waals surface area (Å²) in [5.41, 5.74) is 5.68. The Balaban J connectivity index is 1.33. The van der Waals surface area contributed by atoms with Crippen molar-refractivity contribution in [3.63, 3.8) is 0 Å². The zero-order valence-corrected chi connectivity index (χ0v) is 19.4. The van der Waals surface area contributed by atoms with Crippen LogP contribution in [0.1, 0.15) is 81.8 Å². The lowest BCUT2D eigenvalue weighted by Crippen LogP contribution is -2.30. The fourth-order valence-electron chi connectivity index (χ4n) is 6.13. The quantitative estimate of drug-likeness (QED) is 0.379. The number of allylic oxidation sites excluding steroid dienone is 3. The first kappa shape index (κ1) is 22.1. The van der Waals surface area contributed by atoms with E-state index in [0.29, 0.717) is 0 Å². The summed E-state index contributed by atoms with van der Waals surface area (Å²) in [5.74, 6) is 3.69. The molecule has 164 valence electrons. The summed E-state index contributed by atoms with van der Waals surface area (Å²) in [6.07, 6.45) is 19.9. The van der Waals surface area contributed by atoms with E-state index in [4.69, 9.17) is 0 Å². The highest BCUT2D eigenvalue weighted by molar-refractivity contribution is 5.64. The molecule has 4 unspecified atom stereocenters. The minimum atomic E-state index is 0.772. The fourth-order valence-corrected chi connectivity index (χ4v) is 6.13. The average molecular weight is 413 g/mol. The first-order valence-electron chi connectivity index (χ1n) is 12.7. The zero-order chi connectivity index (χ0) is 21.5. The van der Waals surface area contributed by atoms with E-state index in [1.54, 1.807) is 5.56 Å². The van der Waals surface area contributed by atoms with Crippen molar-refractivity contribution in [1.82, 2.24) is 0 Å². The molecule has 0 aromatic heterocycles. The minimum Gasteiger partial charge on any atom is -0.103 e. The van der Waals surface area contributed by atoms with Gasteiger partial charge < -0.3 is 0 Å². The third-order valence-electron chi connectivity index (χ3n) is 8.01. The van der Waals surface area contributed by atoms with Crippen LogP contribution in [0.25, 0.3) is 11.1 Å². The molecule has 4 atom stereocenters. The Hall–Kier alpha value is -2.08. The first-order valence-corrected chi connectivity index (χ1v) is 12.7. The molecule has 2 aromatic rings. The maximum atomic E-state index is 3.91. The second-order valence-electron chi connectivity index (χ2n) is 10.0. The Kier molecular flexibility index (Phi) is 7.84. The standard InChI is InChI=1S/C31H40/c1-3-5-7-9-24-10-13-26(14-11-24)27-16-18-28(19-17-27)30-21-20-29-22-25(8-6-4-2)12-15-31(29)23-30/h3-5,10-11,13-14,16-19,25,29-31H,2,6-9,12,15,20-23H2,1H3/b5-3+. The number of fused-ring (bicyclic) bond motifs is 1. The predicted octanol–water partition coefficient (Wildman–Crippen LogP) is 9.13. The highest BCUT2D eigenvalue weighted by Crippen LogP contribution is 2.48. The van der Waals surface area contributed by atoms with Crippen molar-refractivity contribution in [3.05, 3.63) is 84.5 Å². The number of hydrogen-bond donors (Lipinski definition) is 0. The van der Waals surface area contributed by atoms with Crippen LogP contribution in [-0.2, 0) is 6.42 Å². The van der Waals surface area contributed by atoms with Gasteiger partial charge in [0.1, 0.15) is 0 Å². The smallest absolute Gasteiger partial charge is 0.0159 e. The summed E-state index contributed by atoms with van der Waals surface area (Å²) in [4.78, 5) is 0. The van der Waals surface area contributed by atoms with Gasteiger partial charge in [-0.05, 0) is 111 Å². The Bertz CT molecular complexity index is 839. The van der Waals surface area contributed by atoms with Gasteiger partial charge in [0.05, 0.1) is 0 Å². The van der Waals surface area contributed by atoms with Gasteiger partial charge in [0, 0.05) is 0 Å². The Morgan fingerprint density at radius 3 is 2.19 bits per heavy atom. The lowest BCUT2D eigenvalue weighted by molar-refractivity contribution is 0.115. The molecule has 0 bridgehead atoms. The van der Waals surface area contributed by atoms with Gasteiger partial charge in [-0.3, -0.25) is 0 Å². The molecule has 0 amide bonds. The largest absolute Gasteiger partial charge is 0.103 e. The molecule has 0 saturated heterocycles. The Morgan fingerprint density at radius 1 is 0.806 bits per heavy atom. The van der Waals surface area contributed by atoms with E-state index in [0.717, 1.165) is 36.5 Å². The van der Waals surface area contributed by atoms with Crippen molar-refractivity contribution in [3.8, 4) is 11.1 Å². The first-order chi connectivity index (χ1) is 15.3. The molecule has 2 saturated carbocycles. The van der Waals surface area contributed by atoms with Crippen LogP contribution in [-0.4, -0.2) is 0 Å². The van der Waals surface area contributed by atoms with Crippen LogP contribution >= 0.6 is 0 Å². The van der Waals surface area contributed by atoms with Crippen molar-refractivity contribution >= 4 is 0 Å². The molecule has 0 aliphatic heterocycles. The van der Waals surface area contributed by atoms with E-state index < -0.39 is 0 Å². The molecule has 0 heterocycles. The third kappa shape index (κ3) is 5.79. The van der Waals surface area contributed by atoms with Crippen LogP contribution in [0.3, 0.4) is 0 Å². The van der Waals surface area contributed by atoms with Crippen molar-refractivity contribution in [1.29, 1.82) is 0 Å². The monoisotopic (exact) mass is 412 g/mol. The van der Waals surface area contributed by atoms with Gasteiger partial charge in [0.25, 0.3) is 0 Å². The topological polar surface area (TPSA) is 0 Å². The van der Waals surface area contributed by atoms with Gasteiger partial charge in [-0.15, -0.1) is 6.58 Å². The molecule has 0 heteroatoms. The number of aryl methyl sites for hydroxylation is 1. The molecule has 4 rings (SSSR count). The van der Waals surface area contributed by atoms with Crippen LogP contribution in [0.2, 0.25) is 0 Å². The van der Waals surface area contributed by atoms with E-state index in [1.807, 2.05) is 0 Å². The van der Waals surface area contributed by atoms with E-state index in [9.17, 15) is 0 Å². The summed E-state index contributed by atoms with van der Waals surface area (Å²) >= 11 is 0. The van der Waals surface area contributed by atoms with Crippen molar-refractivity contribution in [2.24, 2.45) is 17.8 Å². The highest BCUT2D eigenvalue weighted by Gasteiger charge is 2.35. The lowest BCUT2D eigenvalue weighted by Gasteiger charge is -2.42. The molecule has 2 aliphatic carbocycles. The van der Waals surface area contributed by atoms with Crippen molar-refractivity contribution in [2.45, 2.75) is 77.0 Å². The highest BCUT2D eigenvalue weighted by atomic mass is 14.4. The summed E-state index contributed by atoms with van der Waals surface area (Å²) < 4.78 is 0. The molecule has 31 heavy (non-hydrogen) atoms. The molecule has 2 aromatic carbocycles. The van der Waals surface area contributed by atoms with Crippen LogP contribution in [0.5, 0.6) is 0 Å². The van der Waals surface area contributed by atoms with E-state index in [2.05, 4.69) is 80.3 Å².